The van der Waals surface area contributed by atoms with Crippen LogP contribution in [0.25, 0.3) is 0 Å². The molecule has 1 aliphatic rings. The van der Waals surface area contributed by atoms with Crippen molar-refractivity contribution in [2.24, 2.45) is 0 Å². The number of benzene rings is 2. The van der Waals surface area contributed by atoms with E-state index in [9.17, 15) is 13.2 Å². The molecule has 3 rings (SSSR count). The first-order chi connectivity index (χ1) is 10.4. The molecule has 0 saturated carbocycles. The van der Waals surface area contributed by atoms with Gasteiger partial charge in [-0.2, -0.15) is 13.2 Å². The third-order valence-corrected chi connectivity index (χ3v) is 4.07. The number of ether oxygens (including phenoxy) is 1. The molecule has 1 N–H and O–H groups in total. The van der Waals surface area contributed by atoms with Crippen molar-refractivity contribution in [2.45, 2.75) is 18.6 Å². The number of anilines is 1. The largest absolute Gasteiger partial charge is 0.495 e. The molecular weight excluding hydrogens is 315 g/mol. The van der Waals surface area contributed by atoms with E-state index in [0.29, 0.717) is 22.8 Å². The Morgan fingerprint density at radius 1 is 1.23 bits per heavy atom. The second-order valence-electron chi connectivity index (χ2n) is 5.13. The van der Waals surface area contributed by atoms with Crippen LogP contribution >= 0.6 is 11.6 Å². The lowest BCUT2D eigenvalue weighted by atomic mass is 10.0. The normalized spacial score (nSPS) is 17.0. The first-order valence-corrected chi connectivity index (χ1v) is 7.07. The number of methoxy groups -OCH3 is 1. The van der Waals surface area contributed by atoms with Crippen molar-refractivity contribution >= 4 is 17.3 Å². The average Bonchev–Trinajstić information content (AvgIpc) is 2.89. The Kier molecular flexibility index (Phi) is 3.68. The van der Waals surface area contributed by atoms with Crippen molar-refractivity contribution in [1.82, 2.24) is 0 Å². The van der Waals surface area contributed by atoms with Gasteiger partial charge in [-0.3, -0.25) is 0 Å². The third kappa shape index (κ3) is 2.61. The van der Waals surface area contributed by atoms with Gasteiger partial charge in [0.1, 0.15) is 5.75 Å². The first-order valence-electron chi connectivity index (χ1n) is 6.69. The topological polar surface area (TPSA) is 21.3 Å². The number of hydrogen-bond acceptors (Lipinski definition) is 2. The van der Waals surface area contributed by atoms with Crippen LogP contribution in [0.5, 0.6) is 5.75 Å². The quantitative estimate of drug-likeness (QED) is 0.830. The van der Waals surface area contributed by atoms with Crippen LogP contribution in [0.1, 0.15) is 22.7 Å². The summed E-state index contributed by atoms with van der Waals surface area (Å²) in [4.78, 5) is 0. The lowest BCUT2D eigenvalue weighted by molar-refractivity contribution is -0.136. The van der Waals surface area contributed by atoms with Gasteiger partial charge in [0.2, 0.25) is 0 Å². The average molecular weight is 328 g/mol. The van der Waals surface area contributed by atoms with Gasteiger partial charge >= 0.3 is 6.18 Å². The maximum Gasteiger partial charge on any atom is 0.418 e. The van der Waals surface area contributed by atoms with Gasteiger partial charge in [0.25, 0.3) is 0 Å². The molecule has 0 spiro atoms. The second kappa shape index (κ2) is 5.39. The van der Waals surface area contributed by atoms with Crippen LogP contribution in [0.2, 0.25) is 5.02 Å². The highest BCUT2D eigenvalue weighted by atomic mass is 35.5. The Morgan fingerprint density at radius 2 is 2.00 bits per heavy atom. The minimum Gasteiger partial charge on any atom is -0.495 e. The van der Waals surface area contributed by atoms with E-state index in [-0.39, 0.29) is 11.7 Å². The van der Waals surface area contributed by atoms with Crippen LogP contribution in [0, 0.1) is 0 Å². The molecular formula is C16H13ClF3NO. The Morgan fingerprint density at radius 3 is 2.64 bits per heavy atom. The molecule has 0 aliphatic carbocycles. The van der Waals surface area contributed by atoms with Gasteiger partial charge in [-0.25, -0.2) is 0 Å². The molecule has 1 aliphatic heterocycles. The molecule has 2 nitrogen and oxygen atoms in total. The number of nitrogens with one attached hydrogen (secondary N) is 1. The summed E-state index contributed by atoms with van der Waals surface area (Å²) in [5.74, 6) is 0.539. The van der Waals surface area contributed by atoms with E-state index in [0.717, 1.165) is 11.6 Å². The van der Waals surface area contributed by atoms with Gasteiger partial charge in [-0.05, 0) is 35.7 Å². The standard InChI is InChI=1S/C16H13ClF3NO/c1-22-14-6-5-9(7-12(14)17)13-8-10-3-2-4-11(15(10)21-13)16(18,19)20/h2-7,13,21H,8H2,1H3. The molecule has 1 unspecified atom stereocenters. The summed E-state index contributed by atoms with van der Waals surface area (Å²) in [6.07, 6.45) is -3.88. The molecule has 0 saturated heterocycles. The summed E-state index contributed by atoms with van der Waals surface area (Å²) in [5, 5.41) is 3.41. The highest BCUT2D eigenvalue weighted by molar-refractivity contribution is 6.32. The number of halogens is 4. The molecule has 0 bridgehead atoms. The van der Waals surface area contributed by atoms with Crippen molar-refractivity contribution in [2.75, 3.05) is 12.4 Å². The highest BCUT2D eigenvalue weighted by Crippen LogP contribution is 2.43. The number of alkyl halides is 3. The summed E-state index contributed by atoms with van der Waals surface area (Å²) in [7, 11) is 1.51. The molecule has 0 amide bonds. The third-order valence-electron chi connectivity index (χ3n) is 3.78. The van der Waals surface area contributed by atoms with E-state index in [4.69, 9.17) is 16.3 Å². The minimum absolute atomic E-state index is 0.159. The fourth-order valence-electron chi connectivity index (χ4n) is 2.72. The van der Waals surface area contributed by atoms with Gasteiger partial charge < -0.3 is 10.1 Å². The number of rotatable bonds is 2. The van der Waals surface area contributed by atoms with Crippen LogP contribution in [-0.2, 0) is 12.6 Å². The zero-order chi connectivity index (χ0) is 15.9. The van der Waals surface area contributed by atoms with E-state index in [1.807, 2.05) is 6.07 Å². The Balaban J connectivity index is 1.93. The van der Waals surface area contributed by atoms with Crippen LogP contribution < -0.4 is 10.1 Å². The Labute approximate surface area is 130 Å². The zero-order valence-corrected chi connectivity index (χ0v) is 12.4. The van der Waals surface area contributed by atoms with E-state index in [1.54, 1.807) is 18.2 Å². The predicted octanol–water partition coefficient (Wildman–Crippen LogP) is 5.08. The molecule has 6 heteroatoms. The Bertz CT molecular complexity index is 715. The molecule has 0 aromatic heterocycles. The van der Waals surface area contributed by atoms with Crippen molar-refractivity contribution < 1.29 is 17.9 Å². The van der Waals surface area contributed by atoms with Crippen molar-refractivity contribution in [3.8, 4) is 5.75 Å². The van der Waals surface area contributed by atoms with E-state index in [1.165, 1.54) is 13.2 Å². The number of fused-ring (bicyclic) bond motifs is 1. The zero-order valence-electron chi connectivity index (χ0n) is 11.7. The smallest absolute Gasteiger partial charge is 0.418 e. The molecule has 1 atom stereocenters. The van der Waals surface area contributed by atoms with Crippen LogP contribution in [0.3, 0.4) is 0 Å². The van der Waals surface area contributed by atoms with Crippen LogP contribution in [0.15, 0.2) is 36.4 Å². The molecule has 0 radical (unpaired) electrons. The second-order valence-corrected chi connectivity index (χ2v) is 5.54. The molecule has 2 aromatic rings. The SMILES string of the molecule is COc1ccc(C2Cc3cccc(C(F)(F)F)c3N2)cc1Cl. The molecule has 2 aromatic carbocycles. The monoisotopic (exact) mass is 327 g/mol. The minimum atomic E-state index is -4.37. The molecule has 0 fully saturated rings. The maximum absolute atomic E-state index is 13.1. The highest BCUT2D eigenvalue weighted by Gasteiger charge is 2.37. The lowest BCUT2D eigenvalue weighted by Crippen LogP contribution is -2.10. The van der Waals surface area contributed by atoms with E-state index in [2.05, 4.69) is 5.32 Å². The van der Waals surface area contributed by atoms with Crippen molar-refractivity contribution in [3.05, 3.63) is 58.1 Å². The van der Waals surface area contributed by atoms with Gasteiger partial charge in [0.05, 0.1) is 29.4 Å². The van der Waals surface area contributed by atoms with Crippen LogP contribution in [0.4, 0.5) is 18.9 Å². The first kappa shape index (κ1) is 15.0. The molecule has 22 heavy (non-hydrogen) atoms. The number of para-hydroxylation sites is 1. The summed E-state index contributed by atoms with van der Waals surface area (Å²) in [5.41, 5.74) is 1.01. The van der Waals surface area contributed by atoms with Gasteiger partial charge in [-0.1, -0.05) is 29.8 Å². The summed E-state index contributed by atoms with van der Waals surface area (Å²) in [6, 6.07) is 9.25. The van der Waals surface area contributed by atoms with E-state index < -0.39 is 11.7 Å². The number of hydrogen-bond donors (Lipinski definition) is 1. The molecule has 116 valence electrons. The van der Waals surface area contributed by atoms with Gasteiger partial charge in [-0.15, -0.1) is 0 Å². The van der Waals surface area contributed by atoms with E-state index >= 15 is 0 Å². The predicted molar refractivity (Wildman–Crippen MR) is 79.5 cm³/mol. The Hall–Kier alpha value is -1.88. The summed E-state index contributed by atoms with van der Waals surface area (Å²) in [6.45, 7) is 0. The summed E-state index contributed by atoms with van der Waals surface area (Å²) < 4.78 is 44.3. The van der Waals surface area contributed by atoms with Crippen LogP contribution in [-0.4, -0.2) is 7.11 Å². The van der Waals surface area contributed by atoms with Crippen molar-refractivity contribution in [1.29, 1.82) is 0 Å². The van der Waals surface area contributed by atoms with Crippen molar-refractivity contribution in [3.63, 3.8) is 0 Å². The fraction of sp³-hybridized carbons (Fsp3) is 0.250. The maximum atomic E-state index is 13.1. The summed E-state index contributed by atoms with van der Waals surface area (Å²) >= 11 is 6.09. The van der Waals surface area contributed by atoms with Gasteiger partial charge in [0.15, 0.2) is 0 Å². The lowest BCUT2D eigenvalue weighted by Gasteiger charge is -2.15. The fourth-order valence-corrected chi connectivity index (χ4v) is 2.99. The van der Waals surface area contributed by atoms with Gasteiger partial charge in [0, 0.05) is 0 Å². The molecule has 1 heterocycles.